The number of carbonyl (C=O) groups is 1. The largest absolute Gasteiger partial charge is 0.465 e. The summed E-state index contributed by atoms with van der Waals surface area (Å²) in [5.41, 5.74) is 1.31. The molecule has 1 aromatic rings. The van der Waals surface area contributed by atoms with Crippen molar-refractivity contribution in [1.29, 1.82) is 0 Å². The fourth-order valence-electron chi connectivity index (χ4n) is 2.10. The van der Waals surface area contributed by atoms with E-state index in [1.54, 1.807) is 12.1 Å². The van der Waals surface area contributed by atoms with Gasteiger partial charge in [0.1, 0.15) is 0 Å². The maximum absolute atomic E-state index is 11.6. The molecule has 20 heavy (non-hydrogen) atoms. The van der Waals surface area contributed by atoms with Crippen molar-refractivity contribution in [3.63, 3.8) is 0 Å². The summed E-state index contributed by atoms with van der Waals surface area (Å²) in [6, 6.07) is 5.78. The number of hydrogen-bond donors (Lipinski definition) is 1. The molecule has 0 heterocycles. The highest BCUT2D eigenvalue weighted by molar-refractivity contribution is 6.33. The zero-order valence-electron chi connectivity index (χ0n) is 12.7. The van der Waals surface area contributed by atoms with Gasteiger partial charge < -0.3 is 10.1 Å². The van der Waals surface area contributed by atoms with E-state index in [1.165, 1.54) is 13.5 Å². The van der Waals surface area contributed by atoms with Gasteiger partial charge in [-0.1, -0.05) is 38.8 Å². The number of carbonyl (C=O) groups excluding carboxylic acids is 1. The van der Waals surface area contributed by atoms with Gasteiger partial charge in [-0.05, 0) is 37.0 Å². The van der Waals surface area contributed by atoms with E-state index in [2.05, 4.69) is 26.1 Å². The molecule has 0 aliphatic heterocycles. The van der Waals surface area contributed by atoms with E-state index in [1.807, 2.05) is 6.07 Å². The van der Waals surface area contributed by atoms with Gasteiger partial charge in [0.15, 0.2) is 0 Å². The maximum Gasteiger partial charge on any atom is 0.339 e. The zero-order chi connectivity index (χ0) is 15.1. The molecule has 0 saturated carbocycles. The third kappa shape index (κ3) is 4.71. The fraction of sp³-hybridized carbons (Fsp3) is 0.562. The molecule has 1 rings (SSSR count). The minimum Gasteiger partial charge on any atom is -0.465 e. The van der Waals surface area contributed by atoms with Crippen LogP contribution in [-0.4, -0.2) is 19.1 Å². The Hall–Kier alpha value is -1.22. The topological polar surface area (TPSA) is 38.3 Å². The van der Waals surface area contributed by atoms with Gasteiger partial charge in [0.2, 0.25) is 0 Å². The summed E-state index contributed by atoms with van der Waals surface area (Å²) in [5, 5.41) is 3.89. The first-order valence-electron chi connectivity index (χ1n) is 7.16. The van der Waals surface area contributed by atoms with Crippen LogP contribution < -0.4 is 5.32 Å². The van der Waals surface area contributed by atoms with Crippen LogP contribution in [0.25, 0.3) is 0 Å². The molecule has 0 saturated heterocycles. The highest BCUT2D eigenvalue weighted by atomic mass is 35.5. The summed E-state index contributed by atoms with van der Waals surface area (Å²) in [7, 11) is 1.36. The monoisotopic (exact) mass is 297 g/mol. The first-order chi connectivity index (χ1) is 9.51. The van der Waals surface area contributed by atoms with Crippen molar-refractivity contribution >= 4 is 23.3 Å². The quantitative estimate of drug-likeness (QED) is 0.738. The van der Waals surface area contributed by atoms with Crippen LogP contribution in [0.15, 0.2) is 18.2 Å². The smallest absolute Gasteiger partial charge is 0.339 e. The molecule has 0 aliphatic carbocycles. The Morgan fingerprint density at radius 1 is 1.35 bits per heavy atom. The number of anilines is 1. The molecular formula is C16H24ClNO2. The highest BCUT2D eigenvalue weighted by Gasteiger charge is 2.14. The summed E-state index contributed by atoms with van der Waals surface area (Å²) in [4.78, 5) is 11.6. The molecule has 0 fully saturated rings. The van der Waals surface area contributed by atoms with Crippen molar-refractivity contribution in [1.82, 2.24) is 0 Å². The van der Waals surface area contributed by atoms with Gasteiger partial charge in [-0.15, -0.1) is 0 Å². The lowest BCUT2D eigenvalue weighted by molar-refractivity contribution is 0.0601. The molecule has 0 aromatic heterocycles. The predicted molar refractivity (Wildman–Crippen MR) is 84.6 cm³/mol. The van der Waals surface area contributed by atoms with Crippen LogP contribution in [0.4, 0.5) is 5.69 Å². The standard InChI is InChI=1S/C16H24ClNO2/c1-5-11(3)9-12(6-2)18-13-7-8-15(17)14(10-13)16(19)20-4/h7-8,10-12,18H,5-6,9H2,1-4H3. The molecule has 0 bridgehead atoms. The Morgan fingerprint density at radius 3 is 2.60 bits per heavy atom. The van der Waals surface area contributed by atoms with Crippen molar-refractivity contribution in [3.05, 3.63) is 28.8 Å². The number of nitrogens with one attached hydrogen (secondary N) is 1. The average molecular weight is 298 g/mol. The average Bonchev–Trinajstić information content (AvgIpc) is 2.47. The van der Waals surface area contributed by atoms with Crippen molar-refractivity contribution in [2.75, 3.05) is 12.4 Å². The highest BCUT2D eigenvalue weighted by Crippen LogP contribution is 2.23. The van der Waals surface area contributed by atoms with Gasteiger partial charge in [-0.25, -0.2) is 4.79 Å². The van der Waals surface area contributed by atoms with Crippen LogP contribution in [0.1, 0.15) is 50.4 Å². The maximum atomic E-state index is 11.6. The van der Waals surface area contributed by atoms with Gasteiger partial charge >= 0.3 is 5.97 Å². The number of rotatable bonds is 7. The third-order valence-electron chi connectivity index (χ3n) is 3.62. The van der Waals surface area contributed by atoms with Gasteiger partial charge in [0, 0.05) is 11.7 Å². The third-order valence-corrected chi connectivity index (χ3v) is 3.95. The predicted octanol–water partition coefficient (Wildman–Crippen LogP) is 4.75. The molecule has 1 aromatic carbocycles. The van der Waals surface area contributed by atoms with Crippen LogP contribution in [0.5, 0.6) is 0 Å². The molecule has 0 amide bonds. The lowest BCUT2D eigenvalue weighted by Gasteiger charge is -2.22. The Balaban J connectivity index is 2.83. The van der Waals surface area contributed by atoms with Gasteiger partial charge in [0.25, 0.3) is 0 Å². The van der Waals surface area contributed by atoms with E-state index in [4.69, 9.17) is 16.3 Å². The van der Waals surface area contributed by atoms with Crippen molar-refractivity contribution < 1.29 is 9.53 Å². The number of methoxy groups -OCH3 is 1. The molecular weight excluding hydrogens is 274 g/mol. The van der Waals surface area contributed by atoms with E-state index in [0.717, 1.165) is 18.5 Å². The second-order valence-corrected chi connectivity index (χ2v) is 5.59. The van der Waals surface area contributed by atoms with Crippen LogP contribution >= 0.6 is 11.6 Å². The van der Waals surface area contributed by atoms with Gasteiger partial charge in [-0.2, -0.15) is 0 Å². The van der Waals surface area contributed by atoms with E-state index in [-0.39, 0.29) is 0 Å². The first-order valence-corrected chi connectivity index (χ1v) is 7.53. The summed E-state index contributed by atoms with van der Waals surface area (Å²) in [5.74, 6) is 0.272. The summed E-state index contributed by atoms with van der Waals surface area (Å²) in [6.45, 7) is 6.62. The number of hydrogen-bond acceptors (Lipinski definition) is 3. The minimum absolute atomic E-state index is 0.400. The zero-order valence-corrected chi connectivity index (χ0v) is 13.5. The molecule has 3 nitrogen and oxygen atoms in total. The van der Waals surface area contributed by atoms with E-state index < -0.39 is 5.97 Å². The number of ether oxygens (including phenoxy) is 1. The van der Waals surface area contributed by atoms with Crippen LogP contribution in [-0.2, 0) is 4.74 Å². The van der Waals surface area contributed by atoms with Crippen LogP contribution in [0.3, 0.4) is 0 Å². The Morgan fingerprint density at radius 2 is 2.05 bits per heavy atom. The van der Waals surface area contributed by atoms with E-state index in [9.17, 15) is 4.79 Å². The molecule has 2 atom stereocenters. The second kappa shape index (κ2) is 8.15. The summed E-state index contributed by atoms with van der Waals surface area (Å²) >= 11 is 6.02. The Kier molecular flexibility index (Phi) is 6.86. The van der Waals surface area contributed by atoms with Crippen molar-refractivity contribution in [2.45, 2.75) is 46.1 Å². The molecule has 0 radical (unpaired) electrons. The molecule has 0 spiro atoms. The Bertz CT molecular complexity index is 448. The number of esters is 1. The molecule has 4 heteroatoms. The van der Waals surface area contributed by atoms with Gasteiger partial charge in [0.05, 0.1) is 17.7 Å². The van der Waals surface area contributed by atoms with E-state index in [0.29, 0.717) is 22.5 Å². The molecule has 2 unspecified atom stereocenters. The van der Waals surface area contributed by atoms with Crippen molar-refractivity contribution in [2.24, 2.45) is 5.92 Å². The van der Waals surface area contributed by atoms with Crippen LogP contribution in [0.2, 0.25) is 5.02 Å². The normalized spacial score (nSPS) is 13.7. The Labute approximate surface area is 126 Å². The lowest BCUT2D eigenvalue weighted by atomic mass is 9.97. The number of halogens is 1. The van der Waals surface area contributed by atoms with Gasteiger partial charge in [-0.3, -0.25) is 0 Å². The second-order valence-electron chi connectivity index (χ2n) is 5.18. The number of benzene rings is 1. The summed E-state index contributed by atoms with van der Waals surface area (Å²) in [6.07, 6.45) is 3.33. The van der Waals surface area contributed by atoms with Crippen molar-refractivity contribution in [3.8, 4) is 0 Å². The molecule has 0 aliphatic rings. The lowest BCUT2D eigenvalue weighted by Crippen LogP contribution is -2.21. The van der Waals surface area contributed by atoms with Crippen LogP contribution in [0, 0.1) is 5.92 Å². The van der Waals surface area contributed by atoms with E-state index >= 15 is 0 Å². The first kappa shape index (κ1) is 16.8. The summed E-state index contributed by atoms with van der Waals surface area (Å²) < 4.78 is 4.73. The molecule has 112 valence electrons. The SMILES string of the molecule is CCC(C)CC(CC)Nc1ccc(Cl)c(C(=O)OC)c1. The minimum atomic E-state index is -0.409. The molecule has 1 N–H and O–H groups in total. The fourth-order valence-corrected chi connectivity index (χ4v) is 2.29.